The molecule has 0 spiro atoms. The molecule has 3 rings (SSSR count). The van der Waals surface area contributed by atoms with Gasteiger partial charge in [-0.25, -0.2) is 0 Å². The zero-order chi connectivity index (χ0) is 20.6. The molecule has 0 unspecified atom stereocenters. The molecular weight excluding hydrogens is 362 g/mol. The van der Waals surface area contributed by atoms with Gasteiger partial charge in [0.15, 0.2) is 0 Å². The summed E-state index contributed by atoms with van der Waals surface area (Å²) >= 11 is 0. The first-order valence-corrected chi connectivity index (χ1v) is 10.5. The molecule has 1 saturated heterocycles. The lowest BCUT2D eigenvalue weighted by Gasteiger charge is -2.20. The number of nitrogens with one attached hydrogen (secondary N) is 1. The Bertz CT molecular complexity index is 822. The van der Waals surface area contributed by atoms with E-state index in [1.54, 1.807) is 4.90 Å². The van der Waals surface area contributed by atoms with Gasteiger partial charge in [0, 0.05) is 31.7 Å². The Balaban J connectivity index is 1.42. The van der Waals surface area contributed by atoms with E-state index < -0.39 is 0 Å². The minimum Gasteiger partial charge on any atom is -0.356 e. The molecule has 0 bridgehead atoms. The van der Waals surface area contributed by atoms with E-state index in [4.69, 9.17) is 0 Å². The third-order valence-corrected chi connectivity index (χ3v) is 5.47. The summed E-state index contributed by atoms with van der Waals surface area (Å²) in [6.07, 6.45) is 2.04. The van der Waals surface area contributed by atoms with Crippen molar-refractivity contribution in [2.75, 3.05) is 31.6 Å². The Kier molecular flexibility index (Phi) is 7.42. The average molecular weight is 394 g/mol. The third kappa shape index (κ3) is 5.67. The molecule has 0 radical (unpaired) electrons. The molecule has 2 amide bonds. The standard InChI is InChI=1S/C24H31N3O2/c1-3-20-12-7-8-13-22(20)27-18-21(16-23(27)28)24(29)25-14-9-15-26(2)17-19-10-5-4-6-11-19/h4-8,10-13,21H,3,9,14-18H2,1-2H3,(H,25,29)/t21-/m1/s1. The van der Waals surface area contributed by atoms with Crippen LogP contribution in [0.3, 0.4) is 0 Å². The lowest BCUT2D eigenvalue weighted by molar-refractivity contribution is -0.126. The minimum absolute atomic E-state index is 0.0134. The fourth-order valence-corrected chi connectivity index (χ4v) is 3.87. The Labute approximate surface area is 173 Å². The van der Waals surface area contributed by atoms with E-state index in [9.17, 15) is 9.59 Å². The van der Waals surface area contributed by atoms with Crippen molar-refractivity contribution < 1.29 is 9.59 Å². The van der Waals surface area contributed by atoms with Gasteiger partial charge in [-0.15, -0.1) is 0 Å². The molecule has 1 aliphatic heterocycles. The van der Waals surface area contributed by atoms with Crippen molar-refractivity contribution in [1.29, 1.82) is 0 Å². The predicted molar refractivity (Wildman–Crippen MR) is 117 cm³/mol. The lowest BCUT2D eigenvalue weighted by atomic mass is 10.1. The van der Waals surface area contributed by atoms with Crippen LogP contribution in [-0.2, 0) is 22.6 Å². The van der Waals surface area contributed by atoms with E-state index in [-0.39, 0.29) is 24.2 Å². The zero-order valence-corrected chi connectivity index (χ0v) is 17.4. The first-order valence-electron chi connectivity index (χ1n) is 10.5. The molecule has 1 N–H and O–H groups in total. The highest BCUT2D eigenvalue weighted by Crippen LogP contribution is 2.28. The number of amides is 2. The van der Waals surface area contributed by atoms with Crippen LogP contribution >= 0.6 is 0 Å². The van der Waals surface area contributed by atoms with Gasteiger partial charge in [-0.1, -0.05) is 55.5 Å². The highest BCUT2D eigenvalue weighted by atomic mass is 16.2. The SMILES string of the molecule is CCc1ccccc1N1C[C@H](C(=O)NCCCN(C)Cc2ccccc2)CC1=O. The Morgan fingerprint density at radius 1 is 1.14 bits per heavy atom. The maximum atomic E-state index is 12.6. The molecule has 154 valence electrons. The molecule has 1 fully saturated rings. The van der Waals surface area contributed by atoms with Crippen LogP contribution in [0.15, 0.2) is 54.6 Å². The smallest absolute Gasteiger partial charge is 0.227 e. The Hall–Kier alpha value is -2.66. The fraction of sp³-hybridized carbons (Fsp3) is 0.417. The van der Waals surface area contributed by atoms with Gasteiger partial charge < -0.3 is 15.1 Å². The molecule has 2 aromatic rings. The monoisotopic (exact) mass is 393 g/mol. The second-order valence-corrected chi connectivity index (χ2v) is 7.76. The maximum Gasteiger partial charge on any atom is 0.227 e. The van der Waals surface area contributed by atoms with Gasteiger partial charge in [0.1, 0.15) is 0 Å². The lowest BCUT2D eigenvalue weighted by Crippen LogP contribution is -2.34. The van der Waals surface area contributed by atoms with Crippen molar-refractivity contribution >= 4 is 17.5 Å². The highest BCUT2D eigenvalue weighted by molar-refractivity contribution is 6.00. The summed E-state index contributed by atoms with van der Waals surface area (Å²) in [7, 11) is 2.09. The van der Waals surface area contributed by atoms with Crippen molar-refractivity contribution in [3.8, 4) is 0 Å². The predicted octanol–water partition coefficient (Wildman–Crippen LogP) is 3.24. The molecule has 1 aliphatic rings. The minimum atomic E-state index is -0.269. The van der Waals surface area contributed by atoms with Crippen molar-refractivity contribution in [3.05, 3.63) is 65.7 Å². The molecule has 0 saturated carbocycles. The second-order valence-electron chi connectivity index (χ2n) is 7.76. The maximum absolute atomic E-state index is 12.6. The normalized spacial score (nSPS) is 16.4. The molecule has 5 heteroatoms. The van der Waals surface area contributed by atoms with Gasteiger partial charge in [0.05, 0.1) is 5.92 Å². The summed E-state index contributed by atoms with van der Waals surface area (Å²) in [5.74, 6) is -0.247. The van der Waals surface area contributed by atoms with Crippen LogP contribution in [0.25, 0.3) is 0 Å². The summed E-state index contributed by atoms with van der Waals surface area (Å²) < 4.78 is 0. The summed E-state index contributed by atoms with van der Waals surface area (Å²) in [6.45, 7) is 4.99. The molecule has 0 aliphatic carbocycles. The first kappa shape index (κ1) is 21.1. The number of benzene rings is 2. The van der Waals surface area contributed by atoms with Crippen LogP contribution in [0.1, 0.15) is 30.9 Å². The molecular formula is C24H31N3O2. The van der Waals surface area contributed by atoms with Crippen LogP contribution < -0.4 is 10.2 Å². The van der Waals surface area contributed by atoms with E-state index in [2.05, 4.69) is 48.5 Å². The highest BCUT2D eigenvalue weighted by Gasteiger charge is 2.35. The number of carbonyl (C=O) groups excluding carboxylic acids is 2. The second kappa shape index (κ2) is 10.2. The summed E-state index contributed by atoms with van der Waals surface area (Å²) in [5, 5.41) is 3.02. The number of rotatable bonds is 9. The van der Waals surface area contributed by atoms with Crippen molar-refractivity contribution in [3.63, 3.8) is 0 Å². The van der Waals surface area contributed by atoms with Crippen molar-refractivity contribution in [2.24, 2.45) is 5.92 Å². The van der Waals surface area contributed by atoms with Crippen molar-refractivity contribution in [1.82, 2.24) is 10.2 Å². The molecule has 1 heterocycles. The fourth-order valence-electron chi connectivity index (χ4n) is 3.87. The van der Waals surface area contributed by atoms with Gasteiger partial charge in [0.25, 0.3) is 0 Å². The topological polar surface area (TPSA) is 52.7 Å². The van der Waals surface area contributed by atoms with E-state index in [0.29, 0.717) is 13.1 Å². The summed E-state index contributed by atoms with van der Waals surface area (Å²) in [5.41, 5.74) is 3.37. The number of hydrogen-bond acceptors (Lipinski definition) is 3. The Morgan fingerprint density at radius 2 is 1.86 bits per heavy atom. The van der Waals surface area contributed by atoms with E-state index >= 15 is 0 Å². The van der Waals surface area contributed by atoms with E-state index in [1.165, 1.54) is 5.56 Å². The number of hydrogen-bond donors (Lipinski definition) is 1. The van der Waals surface area contributed by atoms with Gasteiger partial charge in [-0.2, -0.15) is 0 Å². The number of carbonyl (C=O) groups is 2. The first-order chi connectivity index (χ1) is 14.1. The number of para-hydroxylation sites is 1. The van der Waals surface area contributed by atoms with Crippen LogP contribution in [0.4, 0.5) is 5.69 Å². The van der Waals surface area contributed by atoms with Crippen LogP contribution in [0.5, 0.6) is 0 Å². The van der Waals surface area contributed by atoms with Gasteiger partial charge in [-0.3, -0.25) is 9.59 Å². The summed E-state index contributed by atoms with van der Waals surface area (Å²) in [4.78, 5) is 29.1. The third-order valence-electron chi connectivity index (χ3n) is 5.47. The number of aryl methyl sites for hydroxylation is 1. The van der Waals surface area contributed by atoms with Crippen LogP contribution in [-0.4, -0.2) is 43.4 Å². The quantitative estimate of drug-likeness (QED) is 0.666. The number of nitrogens with zero attached hydrogens (tertiary/aromatic N) is 2. The van der Waals surface area contributed by atoms with E-state index in [0.717, 1.165) is 37.2 Å². The van der Waals surface area contributed by atoms with Gasteiger partial charge >= 0.3 is 0 Å². The molecule has 29 heavy (non-hydrogen) atoms. The van der Waals surface area contributed by atoms with Gasteiger partial charge in [-0.05, 0) is 43.6 Å². The molecule has 5 nitrogen and oxygen atoms in total. The largest absolute Gasteiger partial charge is 0.356 e. The number of anilines is 1. The molecule has 2 aromatic carbocycles. The molecule has 1 atom stereocenters. The Morgan fingerprint density at radius 3 is 2.62 bits per heavy atom. The van der Waals surface area contributed by atoms with Crippen LogP contribution in [0.2, 0.25) is 0 Å². The summed E-state index contributed by atoms with van der Waals surface area (Å²) in [6, 6.07) is 18.3. The van der Waals surface area contributed by atoms with Crippen molar-refractivity contribution in [2.45, 2.75) is 32.7 Å². The molecule has 0 aromatic heterocycles. The van der Waals surface area contributed by atoms with Crippen LogP contribution in [0, 0.1) is 5.92 Å². The van der Waals surface area contributed by atoms with Gasteiger partial charge in [0.2, 0.25) is 11.8 Å². The zero-order valence-electron chi connectivity index (χ0n) is 17.4. The average Bonchev–Trinajstić information content (AvgIpc) is 3.13. The van der Waals surface area contributed by atoms with E-state index in [1.807, 2.05) is 30.3 Å².